The van der Waals surface area contributed by atoms with E-state index in [2.05, 4.69) is 4.98 Å². The third-order valence-corrected chi connectivity index (χ3v) is 4.04. The van der Waals surface area contributed by atoms with Crippen molar-refractivity contribution in [3.05, 3.63) is 39.9 Å². The van der Waals surface area contributed by atoms with Crippen molar-refractivity contribution < 1.29 is 13.9 Å². The highest BCUT2D eigenvalue weighted by Gasteiger charge is 2.15. The summed E-state index contributed by atoms with van der Waals surface area (Å²) in [7, 11) is 3.16. The number of aryl methyl sites for hydroxylation is 1. The Labute approximate surface area is 124 Å². The van der Waals surface area contributed by atoms with Gasteiger partial charge in [0.15, 0.2) is 17.4 Å². The summed E-state index contributed by atoms with van der Waals surface area (Å²) in [6.07, 6.45) is 0. The average Bonchev–Trinajstić information content (AvgIpc) is 2.90. The molecule has 0 amide bonds. The van der Waals surface area contributed by atoms with Gasteiger partial charge in [-0.15, -0.1) is 11.3 Å². The summed E-state index contributed by atoms with van der Waals surface area (Å²) in [5.74, 6) is 1.62. The van der Waals surface area contributed by atoms with Gasteiger partial charge in [0.2, 0.25) is 0 Å². The molecule has 0 fully saturated rings. The van der Waals surface area contributed by atoms with Crippen LogP contribution < -0.4 is 15.1 Å². The predicted octanol–water partition coefficient (Wildman–Crippen LogP) is 3.24. The van der Waals surface area contributed by atoms with E-state index in [-0.39, 0.29) is 5.63 Å². The van der Waals surface area contributed by atoms with Gasteiger partial charge in [0.05, 0.1) is 14.2 Å². The minimum absolute atomic E-state index is 0.369. The van der Waals surface area contributed by atoms with E-state index in [0.29, 0.717) is 27.6 Å². The second-order valence-corrected chi connectivity index (χ2v) is 5.28. The molecule has 6 heteroatoms. The van der Waals surface area contributed by atoms with E-state index in [0.717, 1.165) is 11.1 Å². The van der Waals surface area contributed by atoms with Crippen LogP contribution in [0, 0.1) is 6.92 Å². The van der Waals surface area contributed by atoms with Crippen LogP contribution in [0.1, 0.15) is 5.89 Å². The number of fused-ring (bicyclic) bond motifs is 1. The van der Waals surface area contributed by atoms with Crippen LogP contribution >= 0.6 is 11.3 Å². The molecule has 1 aromatic carbocycles. The van der Waals surface area contributed by atoms with E-state index in [1.807, 2.05) is 17.5 Å². The van der Waals surface area contributed by atoms with Crippen molar-refractivity contribution in [2.75, 3.05) is 14.2 Å². The van der Waals surface area contributed by atoms with Gasteiger partial charge in [-0.2, -0.15) is 0 Å². The number of ether oxygens (including phenoxy) is 2. The van der Waals surface area contributed by atoms with Crippen molar-refractivity contribution in [3.63, 3.8) is 0 Å². The fourth-order valence-electron chi connectivity index (χ4n) is 2.19. The Morgan fingerprint density at radius 3 is 2.67 bits per heavy atom. The number of aromatic nitrogens is 1. The molecule has 0 atom stereocenters. The fourth-order valence-corrected chi connectivity index (χ4v) is 3.17. The first-order valence-corrected chi connectivity index (χ1v) is 7.13. The second kappa shape index (κ2) is 5.21. The molecule has 3 aromatic rings. The van der Waals surface area contributed by atoms with E-state index in [9.17, 15) is 4.79 Å². The Hall–Kier alpha value is -2.34. The monoisotopic (exact) mass is 303 g/mol. The molecule has 0 N–H and O–H groups in total. The van der Waals surface area contributed by atoms with Gasteiger partial charge in [-0.3, -0.25) is 0 Å². The predicted molar refractivity (Wildman–Crippen MR) is 81.4 cm³/mol. The third-order valence-electron chi connectivity index (χ3n) is 3.17. The zero-order valence-corrected chi connectivity index (χ0v) is 12.6. The van der Waals surface area contributed by atoms with Gasteiger partial charge >= 0.3 is 5.63 Å². The maximum atomic E-state index is 12.1. The number of hydrogen-bond acceptors (Lipinski definition) is 6. The molecule has 5 nitrogen and oxygen atoms in total. The summed E-state index contributed by atoms with van der Waals surface area (Å²) in [6, 6.07) is 5.52. The zero-order valence-electron chi connectivity index (χ0n) is 11.8. The third kappa shape index (κ3) is 2.27. The van der Waals surface area contributed by atoms with Crippen molar-refractivity contribution in [2.45, 2.75) is 6.92 Å². The molecule has 0 spiro atoms. The van der Waals surface area contributed by atoms with Crippen molar-refractivity contribution in [1.82, 2.24) is 4.98 Å². The van der Waals surface area contributed by atoms with Crippen LogP contribution in [0.15, 0.2) is 32.8 Å². The molecule has 0 bridgehead atoms. The van der Waals surface area contributed by atoms with Crippen LogP contribution in [0.25, 0.3) is 21.3 Å². The van der Waals surface area contributed by atoms with Crippen LogP contribution in [0.3, 0.4) is 0 Å². The minimum atomic E-state index is -0.372. The Kier molecular flexibility index (Phi) is 3.39. The molecule has 0 saturated carbocycles. The molecule has 0 aliphatic carbocycles. The number of methoxy groups -OCH3 is 2. The van der Waals surface area contributed by atoms with Gasteiger partial charge in [-0.25, -0.2) is 9.78 Å². The molecular weight excluding hydrogens is 290 g/mol. The molecule has 0 radical (unpaired) electrons. The maximum absolute atomic E-state index is 12.1. The van der Waals surface area contributed by atoms with E-state index in [1.165, 1.54) is 11.3 Å². The lowest BCUT2D eigenvalue weighted by Crippen LogP contribution is -2.02. The molecule has 0 aliphatic rings. The van der Waals surface area contributed by atoms with Crippen LogP contribution in [-0.4, -0.2) is 19.2 Å². The van der Waals surface area contributed by atoms with Crippen LogP contribution in [0.5, 0.6) is 11.5 Å². The van der Waals surface area contributed by atoms with Gasteiger partial charge in [-0.1, -0.05) is 6.07 Å². The highest BCUT2D eigenvalue weighted by molar-refractivity contribution is 7.17. The molecular formula is C15H13NO4S. The summed E-state index contributed by atoms with van der Waals surface area (Å²) in [6.45, 7) is 1.66. The van der Waals surface area contributed by atoms with Gasteiger partial charge < -0.3 is 13.9 Å². The van der Waals surface area contributed by atoms with Crippen LogP contribution in [0.4, 0.5) is 0 Å². The molecule has 21 heavy (non-hydrogen) atoms. The number of hydrogen-bond donors (Lipinski definition) is 0. The molecule has 3 rings (SSSR count). The zero-order chi connectivity index (χ0) is 15.0. The molecule has 2 aromatic heterocycles. The molecule has 0 aliphatic heterocycles. The summed E-state index contributed by atoms with van der Waals surface area (Å²) >= 11 is 1.42. The molecule has 0 unspecified atom stereocenters. The van der Waals surface area contributed by atoms with Gasteiger partial charge in [-0.05, 0) is 17.7 Å². The number of rotatable bonds is 3. The number of benzene rings is 1. The molecule has 108 valence electrons. The highest BCUT2D eigenvalue weighted by Crippen LogP contribution is 2.36. The standard InChI is InChI=1S/C15H13NO4S/c1-8-16-14-13(15(17)20-8)10(7-21-14)9-4-5-11(18-2)12(6-9)19-3/h4-7H,1-3H3. The smallest absolute Gasteiger partial charge is 0.348 e. The lowest BCUT2D eigenvalue weighted by atomic mass is 10.1. The van der Waals surface area contributed by atoms with Crippen molar-refractivity contribution in [3.8, 4) is 22.6 Å². The fraction of sp³-hybridized carbons (Fsp3) is 0.200. The summed E-state index contributed by atoms with van der Waals surface area (Å²) in [5.41, 5.74) is 1.28. The summed E-state index contributed by atoms with van der Waals surface area (Å²) in [4.78, 5) is 17.0. The average molecular weight is 303 g/mol. The molecule has 2 heterocycles. The highest BCUT2D eigenvalue weighted by atomic mass is 32.1. The molecule has 0 saturated heterocycles. The first kappa shape index (κ1) is 13.6. The largest absolute Gasteiger partial charge is 0.493 e. The lowest BCUT2D eigenvalue weighted by Gasteiger charge is -2.09. The van der Waals surface area contributed by atoms with Gasteiger partial charge in [0.25, 0.3) is 0 Å². The topological polar surface area (TPSA) is 61.6 Å². The summed E-state index contributed by atoms with van der Waals surface area (Å²) < 4.78 is 15.6. The van der Waals surface area contributed by atoms with E-state index < -0.39 is 0 Å². The number of nitrogens with zero attached hydrogens (tertiary/aromatic N) is 1. The second-order valence-electron chi connectivity index (χ2n) is 4.42. The van der Waals surface area contributed by atoms with Crippen LogP contribution in [-0.2, 0) is 0 Å². The van der Waals surface area contributed by atoms with Crippen molar-refractivity contribution in [1.29, 1.82) is 0 Å². The SMILES string of the molecule is COc1ccc(-c2csc3nc(C)oc(=O)c23)cc1OC. The minimum Gasteiger partial charge on any atom is -0.493 e. The first-order valence-electron chi connectivity index (χ1n) is 6.25. The van der Waals surface area contributed by atoms with Crippen LogP contribution in [0.2, 0.25) is 0 Å². The maximum Gasteiger partial charge on any atom is 0.348 e. The van der Waals surface area contributed by atoms with E-state index in [1.54, 1.807) is 27.2 Å². The summed E-state index contributed by atoms with van der Waals surface area (Å²) in [5, 5.41) is 2.40. The quantitative estimate of drug-likeness (QED) is 0.743. The van der Waals surface area contributed by atoms with Crippen molar-refractivity contribution in [2.24, 2.45) is 0 Å². The first-order chi connectivity index (χ1) is 10.1. The lowest BCUT2D eigenvalue weighted by molar-refractivity contribution is 0.355. The van der Waals surface area contributed by atoms with E-state index in [4.69, 9.17) is 13.9 Å². The van der Waals surface area contributed by atoms with Gasteiger partial charge in [0.1, 0.15) is 10.2 Å². The Morgan fingerprint density at radius 1 is 1.19 bits per heavy atom. The Morgan fingerprint density at radius 2 is 1.95 bits per heavy atom. The Balaban J connectivity index is 2.24. The number of thiophene rings is 1. The Bertz CT molecular complexity index is 866. The van der Waals surface area contributed by atoms with Crippen molar-refractivity contribution >= 4 is 21.6 Å². The van der Waals surface area contributed by atoms with E-state index >= 15 is 0 Å². The normalized spacial score (nSPS) is 10.8. The van der Waals surface area contributed by atoms with Gasteiger partial charge in [0, 0.05) is 17.9 Å².